The van der Waals surface area contributed by atoms with Crippen molar-refractivity contribution < 1.29 is 19.0 Å². The average molecular weight is 227 g/mol. The Hall–Kier alpha value is -1.62. The summed E-state index contributed by atoms with van der Waals surface area (Å²) < 4.78 is 18.5. The van der Waals surface area contributed by atoms with Crippen LogP contribution in [0.2, 0.25) is 0 Å². The molecular formula is C11H14FNO3. The van der Waals surface area contributed by atoms with Gasteiger partial charge < -0.3 is 15.6 Å². The van der Waals surface area contributed by atoms with Crippen LogP contribution >= 0.6 is 0 Å². The van der Waals surface area contributed by atoms with E-state index in [4.69, 9.17) is 15.6 Å². The van der Waals surface area contributed by atoms with Gasteiger partial charge in [-0.2, -0.15) is 0 Å². The van der Waals surface area contributed by atoms with Crippen molar-refractivity contribution in [2.24, 2.45) is 5.73 Å². The molecule has 1 rings (SSSR count). The van der Waals surface area contributed by atoms with Crippen LogP contribution in [0.5, 0.6) is 5.75 Å². The van der Waals surface area contributed by atoms with E-state index in [9.17, 15) is 9.18 Å². The standard InChI is InChI=1S/C11H14FNO3/c1-2-9(11(14)15)16-10-7(6-13)4-3-5-8(10)12/h3-5,9H,2,6,13H2,1H3,(H,14,15). The van der Waals surface area contributed by atoms with Gasteiger partial charge in [0.2, 0.25) is 0 Å². The molecule has 0 amide bonds. The van der Waals surface area contributed by atoms with Crippen LogP contribution in [0, 0.1) is 5.82 Å². The van der Waals surface area contributed by atoms with Gasteiger partial charge in [0, 0.05) is 12.1 Å². The molecule has 0 spiro atoms. The van der Waals surface area contributed by atoms with Crippen molar-refractivity contribution in [2.45, 2.75) is 26.0 Å². The van der Waals surface area contributed by atoms with E-state index >= 15 is 0 Å². The minimum atomic E-state index is -1.12. The van der Waals surface area contributed by atoms with E-state index in [1.54, 1.807) is 13.0 Å². The molecule has 0 aliphatic carbocycles. The van der Waals surface area contributed by atoms with Gasteiger partial charge in [-0.15, -0.1) is 0 Å². The Kier molecular flexibility index (Phi) is 4.25. The zero-order chi connectivity index (χ0) is 12.1. The van der Waals surface area contributed by atoms with Gasteiger partial charge in [-0.05, 0) is 12.5 Å². The monoisotopic (exact) mass is 227 g/mol. The predicted molar refractivity (Wildman–Crippen MR) is 56.6 cm³/mol. The van der Waals surface area contributed by atoms with Crippen LogP contribution < -0.4 is 10.5 Å². The Labute approximate surface area is 92.8 Å². The number of hydrogen-bond acceptors (Lipinski definition) is 3. The Morgan fingerprint density at radius 1 is 1.62 bits per heavy atom. The summed E-state index contributed by atoms with van der Waals surface area (Å²) in [6, 6.07) is 4.32. The van der Waals surface area contributed by atoms with E-state index in [1.807, 2.05) is 0 Å². The summed E-state index contributed by atoms with van der Waals surface area (Å²) in [7, 11) is 0. The van der Waals surface area contributed by atoms with E-state index < -0.39 is 17.9 Å². The lowest BCUT2D eigenvalue weighted by Crippen LogP contribution is -2.27. The summed E-state index contributed by atoms with van der Waals surface area (Å²) in [5.41, 5.74) is 5.88. The zero-order valence-electron chi connectivity index (χ0n) is 8.94. The number of benzene rings is 1. The van der Waals surface area contributed by atoms with Crippen molar-refractivity contribution >= 4 is 5.97 Å². The maximum absolute atomic E-state index is 13.4. The van der Waals surface area contributed by atoms with Gasteiger partial charge >= 0.3 is 5.97 Å². The molecule has 0 saturated carbocycles. The number of nitrogens with two attached hydrogens (primary N) is 1. The van der Waals surface area contributed by atoms with Crippen LogP contribution in [0.4, 0.5) is 4.39 Å². The zero-order valence-corrected chi connectivity index (χ0v) is 8.94. The molecule has 0 bridgehead atoms. The van der Waals surface area contributed by atoms with Crippen LogP contribution in [0.1, 0.15) is 18.9 Å². The Bertz CT molecular complexity index is 381. The number of ether oxygens (including phenoxy) is 1. The predicted octanol–water partition coefficient (Wildman–Crippen LogP) is 1.53. The van der Waals surface area contributed by atoms with E-state index in [0.717, 1.165) is 0 Å². The second-order valence-electron chi connectivity index (χ2n) is 3.29. The molecule has 1 atom stereocenters. The van der Waals surface area contributed by atoms with Crippen LogP contribution in [-0.2, 0) is 11.3 Å². The lowest BCUT2D eigenvalue weighted by molar-refractivity contribution is -0.145. The third-order valence-corrected chi connectivity index (χ3v) is 2.17. The van der Waals surface area contributed by atoms with Crippen LogP contribution in [0.3, 0.4) is 0 Å². The summed E-state index contributed by atoms with van der Waals surface area (Å²) in [5.74, 6) is -1.78. The highest BCUT2D eigenvalue weighted by Gasteiger charge is 2.20. The first-order valence-corrected chi connectivity index (χ1v) is 4.97. The molecule has 0 aliphatic heterocycles. The first kappa shape index (κ1) is 12.4. The van der Waals surface area contributed by atoms with Crippen LogP contribution in [0.25, 0.3) is 0 Å². The number of carbonyl (C=O) groups is 1. The van der Waals surface area contributed by atoms with E-state index in [2.05, 4.69) is 0 Å². The average Bonchev–Trinajstić information content (AvgIpc) is 2.26. The summed E-state index contributed by atoms with van der Waals surface area (Å²) in [5, 5.41) is 8.81. The van der Waals surface area contributed by atoms with Gasteiger partial charge in [-0.1, -0.05) is 19.1 Å². The lowest BCUT2D eigenvalue weighted by Gasteiger charge is -2.16. The maximum Gasteiger partial charge on any atom is 0.344 e. The number of carboxylic acid groups (broad SMARTS) is 1. The highest BCUT2D eigenvalue weighted by atomic mass is 19.1. The molecule has 88 valence electrons. The first-order valence-electron chi connectivity index (χ1n) is 4.97. The molecule has 0 radical (unpaired) electrons. The molecule has 1 aromatic rings. The van der Waals surface area contributed by atoms with Gasteiger partial charge in [0.15, 0.2) is 17.7 Å². The Morgan fingerprint density at radius 3 is 2.81 bits per heavy atom. The normalized spacial score (nSPS) is 12.2. The SMILES string of the molecule is CCC(Oc1c(F)cccc1CN)C(=O)O. The number of aliphatic carboxylic acids is 1. The number of para-hydroxylation sites is 1. The fraction of sp³-hybridized carbons (Fsp3) is 0.364. The minimum Gasteiger partial charge on any atom is -0.479 e. The summed E-state index contributed by atoms with van der Waals surface area (Å²) in [6.45, 7) is 1.75. The molecule has 16 heavy (non-hydrogen) atoms. The van der Waals surface area contributed by atoms with Crippen molar-refractivity contribution in [3.8, 4) is 5.75 Å². The number of carboxylic acids is 1. The highest BCUT2D eigenvalue weighted by Crippen LogP contribution is 2.24. The maximum atomic E-state index is 13.4. The number of hydrogen-bond donors (Lipinski definition) is 2. The number of rotatable bonds is 5. The lowest BCUT2D eigenvalue weighted by atomic mass is 10.2. The van der Waals surface area contributed by atoms with Crippen molar-refractivity contribution in [1.82, 2.24) is 0 Å². The fourth-order valence-electron chi connectivity index (χ4n) is 1.30. The molecule has 0 aliphatic rings. The minimum absolute atomic E-state index is 0.0701. The van der Waals surface area contributed by atoms with E-state index in [-0.39, 0.29) is 18.7 Å². The molecule has 1 aromatic carbocycles. The van der Waals surface area contributed by atoms with Crippen molar-refractivity contribution in [3.63, 3.8) is 0 Å². The van der Waals surface area contributed by atoms with E-state index in [0.29, 0.717) is 5.56 Å². The molecule has 3 N–H and O–H groups in total. The Balaban J connectivity index is 2.98. The molecule has 0 aromatic heterocycles. The second-order valence-corrected chi connectivity index (χ2v) is 3.29. The smallest absolute Gasteiger partial charge is 0.344 e. The van der Waals surface area contributed by atoms with E-state index in [1.165, 1.54) is 12.1 Å². The summed E-state index contributed by atoms with van der Waals surface area (Å²) >= 11 is 0. The summed E-state index contributed by atoms with van der Waals surface area (Å²) in [6.07, 6.45) is -0.796. The molecule has 0 fully saturated rings. The quantitative estimate of drug-likeness (QED) is 0.800. The second kappa shape index (κ2) is 5.46. The highest BCUT2D eigenvalue weighted by molar-refractivity contribution is 5.72. The third-order valence-electron chi connectivity index (χ3n) is 2.17. The topological polar surface area (TPSA) is 72.5 Å². The fourth-order valence-corrected chi connectivity index (χ4v) is 1.30. The molecule has 5 heteroatoms. The van der Waals surface area contributed by atoms with Gasteiger partial charge in [0.05, 0.1) is 0 Å². The van der Waals surface area contributed by atoms with Crippen LogP contribution in [0.15, 0.2) is 18.2 Å². The largest absolute Gasteiger partial charge is 0.479 e. The van der Waals surface area contributed by atoms with Crippen LogP contribution in [-0.4, -0.2) is 17.2 Å². The van der Waals surface area contributed by atoms with Crippen molar-refractivity contribution in [1.29, 1.82) is 0 Å². The van der Waals surface area contributed by atoms with Gasteiger partial charge in [-0.3, -0.25) is 0 Å². The van der Waals surface area contributed by atoms with Crippen molar-refractivity contribution in [3.05, 3.63) is 29.6 Å². The Morgan fingerprint density at radius 2 is 2.31 bits per heavy atom. The molecule has 0 heterocycles. The molecule has 1 unspecified atom stereocenters. The van der Waals surface area contributed by atoms with Gasteiger partial charge in [0.1, 0.15) is 0 Å². The van der Waals surface area contributed by atoms with Gasteiger partial charge in [-0.25, -0.2) is 9.18 Å². The summed E-state index contributed by atoms with van der Waals surface area (Å²) in [4.78, 5) is 10.8. The number of halogens is 1. The van der Waals surface area contributed by atoms with Crippen molar-refractivity contribution in [2.75, 3.05) is 0 Å². The molecule has 0 saturated heterocycles. The van der Waals surface area contributed by atoms with Gasteiger partial charge in [0.25, 0.3) is 0 Å². The first-order chi connectivity index (χ1) is 7.60. The third kappa shape index (κ3) is 2.70. The molecular weight excluding hydrogens is 213 g/mol. The molecule has 4 nitrogen and oxygen atoms in total.